The van der Waals surface area contributed by atoms with E-state index in [0.29, 0.717) is 5.69 Å². The van der Waals surface area contributed by atoms with Crippen molar-refractivity contribution in [1.82, 2.24) is 0 Å². The molecule has 0 bridgehead atoms. The summed E-state index contributed by atoms with van der Waals surface area (Å²) in [6, 6.07) is 8.90. The Kier molecular flexibility index (Phi) is 3.96. The van der Waals surface area contributed by atoms with Gasteiger partial charge >= 0.3 is 6.18 Å². The van der Waals surface area contributed by atoms with E-state index < -0.39 is 17.3 Å². The molecule has 0 unspecified atom stereocenters. The maximum Gasteiger partial charge on any atom is 0.417 e. The number of halogens is 4. The SMILES string of the molecule is N#Cc1cc(Oc2cc(N)ccc2Cl)ccc1C(F)(F)F. The van der Waals surface area contributed by atoms with Crippen LogP contribution in [0.1, 0.15) is 11.1 Å². The van der Waals surface area contributed by atoms with Gasteiger partial charge in [0.15, 0.2) is 0 Å². The zero-order valence-corrected chi connectivity index (χ0v) is 11.2. The first-order valence-corrected chi connectivity index (χ1v) is 6.03. The van der Waals surface area contributed by atoms with Crippen molar-refractivity contribution in [1.29, 1.82) is 5.26 Å². The highest BCUT2D eigenvalue weighted by Gasteiger charge is 2.33. The van der Waals surface area contributed by atoms with Gasteiger partial charge in [0.05, 0.1) is 22.2 Å². The van der Waals surface area contributed by atoms with Gasteiger partial charge in [0, 0.05) is 11.8 Å². The van der Waals surface area contributed by atoms with Gasteiger partial charge in [0.25, 0.3) is 0 Å². The van der Waals surface area contributed by atoms with Crippen LogP contribution < -0.4 is 10.5 Å². The lowest BCUT2D eigenvalue weighted by atomic mass is 10.1. The molecule has 0 saturated carbocycles. The molecule has 0 saturated heterocycles. The summed E-state index contributed by atoms with van der Waals surface area (Å²) in [5, 5.41) is 9.07. The maximum absolute atomic E-state index is 12.7. The number of nitrogen functional groups attached to an aromatic ring is 1. The van der Waals surface area contributed by atoms with Gasteiger partial charge in [0.2, 0.25) is 0 Å². The van der Waals surface area contributed by atoms with E-state index in [4.69, 9.17) is 27.3 Å². The highest BCUT2D eigenvalue weighted by atomic mass is 35.5. The van der Waals surface area contributed by atoms with Crippen LogP contribution in [0.15, 0.2) is 36.4 Å². The van der Waals surface area contributed by atoms with Crippen molar-refractivity contribution in [3.8, 4) is 17.6 Å². The smallest absolute Gasteiger partial charge is 0.417 e. The lowest BCUT2D eigenvalue weighted by molar-refractivity contribution is -0.137. The molecular weight excluding hydrogens is 305 g/mol. The van der Waals surface area contributed by atoms with E-state index >= 15 is 0 Å². The molecule has 0 radical (unpaired) electrons. The van der Waals surface area contributed by atoms with Gasteiger partial charge < -0.3 is 10.5 Å². The Balaban J connectivity index is 2.39. The number of hydrogen-bond acceptors (Lipinski definition) is 3. The van der Waals surface area contributed by atoms with E-state index in [-0.39, 0.29) is 16.5 Å². The topological polar surface area (TPSA) is 59.0 Å². The molecule has 0 aliphatic carbocycles. The van der Waals surface area contributed by atoms with E-state index in [9.17, 15) is 13.2 Å². The molecule has 7 heteroatoms. The van der Waals surface area contributed by atoms with Crippen molar-refractivity contribution < 1.29 is 17.9 Å². The molecule has 0 amide bonds. The molecule has 3 nitrogen and oxygen atoms in total. The number of nitrogens with two attached hydrogens (primary N) is 1. The molecule has 21 heavy (non-hydrogen) atoms. The van der Waals surface area contributed by atoms with Gasteiger partial charge in [-0.2, -0.15) is 18.4 Å². The number of ether oxygens (including phenoxy) is 1. The van der Waals surface area contributed by atoms with Crippen LogP contribution in [0, 0.1) is 11.3 Å². The predicted molar refractivity (Wildman–Crippen MR) is 72.1 cm³/mol. The summed E-state index contributed by atoms with van der Waals surface area (Å²) >= 11 is 5.90. The lowest BCUT2D eigenvalue weighted by Gasteiger charge is -2.12. The molecule has 0 fully saturated rings. The molecule has 0 heterocycles. The third-order valence-electron chi connectivity index (χ3n) is 2.60. The number of nitrogens with zero attached hydrogens (tertiary/aromatic N) is 1. The minimum absolute atomic E-state index is 0.0621. The van der Waals surface area contributed by atoms with Crippen molar-refractivity contribution >= 4 is 17.3 Å². The molecule has 0 aliphatic rings. The van der Waals surface area contributed by atoms with Crippen LogP contribution >= 0.6 is 11.6 Å². The first-order valence-electron chi connectivity index (χ1n) is 5.65. The molecular formula is C14H8ClF3N2O. The summed E-state index contributed by atoms with van der Waals surface area (Å²) in [6.45, 7) is 0. The zero-order valence-electron chi connectivity index (χ0n) is 10.4. The van der Waals surface area contributed by atoms with E-state index in [0.717, 1.165) is 18.2 Å². The average Bonchev–Trinajstić information content (AvgIpc) is 2.41. The zero-order chi connectivity index (χ0) is 15.6. The van der Waals surface area contributed by atoms with Crippen molar-refractivity contribution in [2.24, 2.45) is 0 Å². The van der Waals surface area contributed by atoms with Crippen LogP contribution in [0.4, 0.5) is 18.9 Å². The highest BCUT2D eigenvalue weighted by Crippen LogP contribution is 2.36. The minimum Gasteiger partial charge on any atom is -0.456 e. The van der Waals surface area contributed by atoms with Crippen LogP contribution in [0.2, 0.25) is 5.02 Å². The van der Waals surface area contributed by atoms with Gasteiger partial charge in [0.1, 0.15) is 11.5 Å². The summed E-state index contributed by atoms with van der Waals surface area (Å²) in [5.74, 6) is 0.257. The van der Waals surface area contributed by atoms with Crippen molar-refractivity contribution in [2.75, 3.05) is 5.73 Å². The van der Waals surface area contributed by atoms with Gasteiger partial charge in [-0.3, -0.25) is 0 Å². The molecule has 0 aromatic heterocycles. The maximum atomic E-state index is 12.7. The van der Waals surface area contributed by atoms with E-state index in [1.165, 1.54) is 18.2 Å². The molecule has 2 aromatic rings. The fourth-order valence-electron chi connectivity index (χ4n) is 1.65. The molecule has 0 atom stereocenters. The van der Waals surface area contributed by atoms with Crippen molar-refractivity contribution in [3.63, 3.8) is 0 Å². The Morgan fingerprint density at radius 1 is 1.14 bits per heavy atom. The second kappa shape index (κ2) is 5.54. The van der Waals surface area contributed by atoms with Gasteiger partial charge in [-0.25, -0.2) is 0 Å². The summed E-state index contributed by atoms with van der Waals surface area (Å²) in [7, 11) is 0. The third-order valence-corrected chi connectivity index (χ3v) is 2.91. The standard InChI is InChI=1S/C14H8ClF3N2O/c15-12-4-1-9(20)6-13(12)21-10-2-3-11(14(16,17)18)8(5-10)7-19/h1-6H,20H2. The van der Waals surface area contributed by atoms with Gasteiger partial charge in [-0.1, -0.05) is 11.6 Å². The average molecular weight is 313 g/mol. The summed E-state index contributed by atoms with van der Waals surface area (Å²) in [6.07, 6.45) is -4.60. The van der Waals surface area contributed by atoms with E-state index in [1.54, 1.807) is 6.07 Å². The van der Waals surface area contributed by atoms with Crippen LogP contribution in [0.25, 0.3) is 0 Å². The van der Waals surface area contributed by atoms with Crippen LogP contribution in [0.3, 0.4) is 0 Å². The second-order valence-electron chi connectivity index (χ2n) is 4.11. The predicted octanol–water partition coefficient (Wildman–Crippen LogP) is 4.60. The number of nitriles is 1. The number of alkyl halides is 3. The van der Waals surface area contributed by atoms with Gasteiger partial charge in [-0.05, 0) is 30.3 Å². The Labute approximate surface area is 123 Å². The van der Waals surface area contributed by atoms with E-state index in [1.807, 2.05) is 0 Å². The van der Waals surface area contributed by atoms with Crippen LogP contribution in [0.5, 0.6) is 11.5 Å². The first kappa shape index (κ1) is 15.0. The molecule has 2 rings (SSSR count). The van der Waals surface area contributed by atoms with Gasteiger partial charge in [-0.15, -0.1) is 0 Å². The molecule has 0 aliphatic heterocycles. The normalized spacial score (nSPS) is 11.0. The Morgan fingerprint density at radius 3 is 2.48 bits per heavy atom. The Hall–Kier alpha value is -2.39. The van der Waals surface area contributed by atoms with E-state index in [2.05, 4.69) is 0 Å². The monoisotopic (exact) mass is 312 g/mol. The van der Waals surface area contributed by atoms with Crippen LogP contribution in [-0.2, 0) is 6.18 Å². The summed E-state index contributed by atoms with van der Waals surface area (Å²) in [4.78, 5) is 0. The van der Waals surface area contributed by atoms with Crippen molar-refractivity contribution in [3.05, 3.63) is 52.5 Å². The molecule has 108 valence electrons. The van der Waals surface area contributed by atoms with Crippen LogP contribution in [-0.4, -0.2) is 0 Å². The highest BCUT2D eigenvalue weighted by molar-refractivity contribution is 6.32. The van der Waals surface area contributed by atoms with Crippen molar-refractivity contribution in [2.45, 2.75) is 6.18 Å². The number of benzene rings is 2. The number of rotatable bonds is 2. The minimum atomic E-state index is -4.60. The summed E-state index contributed by atoms with van der Waals surface area (Å²) < 4.78 is 43.4. The quantitative estimate of drug-likeness (QED) is 0.824. The third kappa shape index (κ3) is 3.38. The summed E-state index contributed by atoms with van der Waals surface area (Å²) in [5.41, 5.74) is 4.42. The first-order chi connectivity index (χ1) is 9.81. The molecule has 2 N–H and O–H groups in total. The fourth-order valence-corrected chi connectivity index (χ4v) is 1.81. The largest absolute Gasteiger partial charge is 0.456 e. The number of hydrogen-bond donors (Lipinski definition) is 1. The molecule has 2 aromatic carbocycles. The Bertz CT molecular complexity index is 723. The lowest BCUT2D eigenvalue weighted by Crippen LogP contribution is -2.07. The second-order valence-corrected chi connectivity index (χ2v) is 4.52. The fraction of sp³-hybridized carbons (Fsp3) is 0.0714. The number of anilines is 1. The molecule has 0 spiro atoms. The Morgan fingerprint density at radius 2 is 1.86 bits per heavy atom.